The van der Waals surface area contributed by atoms with E-state index in [4.69, 9.17) is 0 Å². The molecule has 2 aliphatic rings. The lowest BCUT2D eigenvalue weighted by molar-refractivity contribution is -0.138. The molecule has 2 rings (SSSR count). The lowest BCUT2D eigenvalue weighted by Crippen LogP contribution is -2.22. The molecule has 0 aromatic heterocycles. The highest BCUT2D eigenvalue weighted by atomic mass is 16.5. The van der Waals surface area contributed by atoms with Crippen molar-refractivity contribution >= 4 is 17.8 Å². The smallest absolute Gasteiger partial charge is 0.333 e. The van der Waals surface area contributed by atoms with Crippen molar-refractivity contribution in [2.45, 2.75) is 39.5 Å². The number of esters is 1. The number of rotatable bonds is 2. The molecule has 0 radical (unpaired) electrons. The van der Waals surface area contributed by atoms with E-state index in [0.29, 0.717) is 12.2 Å². The Balaban J connectivity index is 0.000000203. The third kappa shape index (κ3) is 4.05. The van der Waals surface area contributed by atoms with Crippen LogP contribution in [0.25, 0.3) is 0 Å². The Morgan fingerprint density at radius 1 is 1.21 bits per heavy atom. The van der Waals surface area contributed by atoms with Gasteiger partial charge in [-0.15, -0.1) is 0 Å². The van der Waals surface area contributed by atoms with E-state index in [2.05, 4.69) is 16.6 Å². The Labute approximate surface area is 112 Å². The lowest BCUT2D eigenvalue weighted by Gasteiger charge is -2.08. The first-order valence-electron chi connectivity index (χ1n) is 6.37. The molecular formula is C14H19NO4. The van der Waals surface area contributed by atoms with E-state index in [1.54, 1.807) is 13.8 Å². The third-order valence-corrected chi connectivity index (χ3v) is 2.87. The zero-order chi connectivity index (χ0) is 14.4. The van der Waals surface area contributed by atoms with E-state index in [9.17, 15) is 14.4 Å². The summed E-state index contributed by atoms with van der Waals surface area (Å²) in [6.07, 6.45) is 3.65. The largest absolute Gasteiger partial charge is 0.463 e. The first kappa shape index (κ1) is 15.1. The van der Waals surface area contributed by atoms with Gasteiger partial charge in [0, 0.05) is 16.7 Å². The summed E-state index contributed by atoms with van der Waals surface area (Å²) in [5.74, 6) is -0.637. The topological polar surface area (TPSA) is 72.5 Å². The average molecular weight is 265 g/mol. The number of hydrogen-bond donors (Lipinski definition) is 1. The Morgan fingerprint density at radius 3 is 2.00 bits per heavy atom. The van der Waals surface area contributed by atoms with Crippen LogP contribution in [-0.4, -0.2) is 24.4 Å². The number of ether oxygens (including phenoxy) is 1. The van der Waals surface area contributed by atoms with Gasteiger partial charge in [0.2, 0.25) is 0 Å². The van der Waals surface area contributed by atoms with E-state index < -0.39 is 0 Å². The molecule has 0 spiro atoms. The maximum Gasteiger partial charge on any atom is 0.333 e. The summed E-state index contributed by atoms with van der Waals surface area (Å²) in [6.45, 7) is 7.21. The maximum absolute atomic E-state index is 11.0. The molecule has 0 saturated heterocycles. The van der Waals surface area contributed by atoms with Crippen LogP contribution >= 0.6 is 0 Å². The van der Waals surface area contributed by atoms with Crippen molar-refractivity contribution in [3.05, 3.63) is 23.3 Å². The van der Waals surface area contributed by atoms with Crippen molar-refractivity contribution in [1.29, 1.82) is 0 Å². The van der Waals surface area contributed by atoms with Gasteiger partial charge in [0.05, 0.1) is 6.61 Å². The van der Waals surface area contributed by atoms with Crippen molar-refractivity contribution in [2.24, 2.45) is 0 Å². The van der Waals surface area contributed by atoms with Crippen LogP contribution in [0.5, 0.6) is 0 Å². The monoisotopic (exact) mass is 265 g/mol. The summed E-state index contributed by atoms with van der Waals surface area (Å²) in [4.78, 5) is 32.5. The third-order valence-electron chi connectivity index (χ3n) is 2.87. The minimum absolute atomic E-state index is 0.162. The molecule has 1 aliphatic heterocycles. The molecule has 0 fully saturated rings. The van der Waals surface area contributed by atoms with Crippen LogP contribution in [-0.2, 0) is 19.1 Å². The summed E-state index contributed by atoms with van der Waals surface area (Å²) in [6, 6.07) is 0. The molecule has 0 atom stereocenters. The number of imide groups is 1. The fraction of sp³-hybridized carbons (Fsp3) is 0.500. The van der Waals surface area contributed by atoms with Crippen molar-refractivity contribution in [1.82, 2.24) is 5.32 Å². The molecule has 19 heavy (non-hydrogen) atoms. The van der Waals surface area contributed by atoms with Gasteiger partial charge in [-0.25, -0.2) is 4.79 Å². The van der Waals surface area contributed by atoms with Crippen molar-refractivity contribution in [3.63, 3.8) is 0 Å². The molecule has 0 aromatic rings. The Bertz CT molecular complexity index is 422. The summed E-state index contributed by atoms with van der Waals surface area (Å²) >= 11 is 0. The second kappa shape index (κ2) is 6.87. The predicted molar refractivity (Wildman–Crippen MR) is 70.1 cm³/mol. The summed E-state index contributed by atoms with van der Waals surface area (Å²) in [5, 5.41) is 2.31. The first-order valence-corrected chi connectivity index (χ1v) is 6.37. The molecule has 0 bridgehead atoms. The van der Waals surface area contributed by atoms with Gasteiger partial charge in [0.25, 0.3) is 11.8 Å². The molecule has 0 unspecified atom stereocenters. The highest BCUT2D eigenvalue weighted by molar-refractivity contribution is 6.19. The first-order chi connectivity index (χ1) is 8.97. The van der Waals surface area contributed by atoms with E-state index >= 15 is 0 Å². The van der Waals surface area contributed by atoms with Gasteiger partial charge in [-0.1, -0.05) is 6.58 Å². The quantitative estimate of drug-likeness (QED) is 0.468. The van der Waals surface area contributed by atoms with Gasteiger partial charge >= 0.3 is 5.97 Å². The molecule has 1 N–H and O–H groups in total. The van der Waals surface area contributed by atoms with Crippen LogP contribution < -0.4 is 5.32 Å². The Morgan fingerprint density at radius 2 is 1.68 bits per heavy atom. The molecule has 2 amide bonds. The van der Waals surface area contributed by atoms with Crippen LogP contribution in [0.15, 0.2) is 23.3 Å². The van der Waals surface area contributed by atoms with Crippen LogP contribution in [0.2, 0.25) is 0 Å². The summed E-state index contributed by atoms with van der Waals surface area (Å²) < 4.78 is 4.56. The number of carbonyl (C=O) groups is 3. The zero-order valence-corrected chi connectivity index (χ0v) is 11.4. The van der Waals surface area contributed by atoms with Gasteiger partial charge < -0.3 is 4.74 Å². The van der Waals surface area contributed by atoms with Crippen molar-refractivity contribution in [3.8, 4) is 0 Å². The molecule has 1 heterocycles. The van der Waals surface area contributed by atoms with Crippen molar-refractivity contribution < 1.29 is 19.1 Å². The molecule has 0 aromatic carbocycles. The second-order valence-electron chi connectivity index (χ2n) is 4.45. The van der Waals surface area contributed by atoms with Crippen molar-refractivity contribution in [2.75, 3.05) is 6.61 Å². The fourth-order valence-electron chi connectivity index (χ4n) is 1.91. The standard InChI is InChI=1S/C8H9NO2.C6H10O2/c10-7-5-3-1-2-4-6(5)8(11)9-7;1-4-8-6(7)5(2)3/h1-4H2,(H,9,10,11);2,4H2,1,3H3. The normalized spacial score (nSPS) is 17.2. The molecule has 1 aliphatic carbocycles. The van der Waals surface area contributed by atoms with Crippen LogP contribution in [0.1, 0.15) is 39.5 Å². The summed E-state index contributed by atoms with van der Waals surface area (Å²) in [5.41, 5.74) is 1.93. The SMILES string of the molecule is C=C(C)C(=O)OCC.O=C1NC(=O)C2=C1CCCC2. The number of carbonyl (C=O) groups excluding carboxylic acids is 3. The van der Waals surface area contributed by atoms with Gasteiger partial charge in [-0.2, -0.15) is 0 Å². The van der Waals surface area contributed by atoms with E-state index in [1.807, 2.05) is 0 Å². The fourth-order valence-corrected chi connectivity index (χ4v) is 1.91. The lowest BCUT2D eigenvalue weighted by atomic mass is 9.93. The Hall–Kier alpha value is -1.91. The molecular weight excluding hydrogens is 246 g/mol. The van der Waals surface area contributed by atoms with Gasteiger partial charge in [0.15, 0.2) is 0 Å². The van der Waals surface area contributed by atoms with Crippen LogP contribution in [0.4, 0.5) is 0 Å². The number of nitrogens with one attached hydrogen (secondary N) is 1. The maximum atomic E-state index is 11.0. The highest BCUT2D eigenvalue weighted by Crippen LogP contribution is 2.28. The highest BCUT2D eigenvalue weighted by Gasteiger charge is 2.30. The molecule has 5 heteroatoms. The zero-order valence-electron chi connectivity index (χ0n) is 11.4. The molecule has 5 nitrogen and oxygen atoms in total. The van der Waals surface area contributed by atoms with Gasteiger partial charge in [0.1, 0.15) is 0 Å². The van der Waals surface area contributed by atoms with Crippen LogP contribution in [0.3, 0.4) is 0 Å². The minimum atomic E-state index is -0.312. The Kier molecular flexibility index (Phi) is 5.48. The minimum Gasteiger partial charge on any atom is -0.463 e. The number of hydrogen-bond acceptors (Lipinski definition) is 4. The molecule has 104 valence electrons. The average Bonchev–Trinajstić information content (AvgIpc) is 2.67. The van der Waals surface area contributed by atoms with Crippen LogP contribution in [0, 0.1) is 0 Å². The van der Waals surface area contributed by atoms with Gasteiger partial charge in [-0.05, 0) is 39.5 Å². The van der Waals surface area contributed by atoms with E-state index in [0.717, 1.165) is 36.8 Å². The second-order valence-corrected chi connectivity index (χ2v) is 4.45. The molecule has 0 saturated carbocycles. The van der Waals surface area contributed by atoms with E-state index in [-0.39, 0.29) is 17.8 Å². The summed E-state index contributed by atoms with van der Waals surface area (Å²) in [7, 11) is 0. The number of amides is 2. The van der Waals surface area contributed by atoms with Gasteiger partial charge in [-0.3, -0.25) is 14.9 Å². The predicted octanol–water partition coefficient (Wildman–Crippen LogP) is 1.64. The van der Waals surface area contributed by atoms with E-state index in [1.165, 1.54) is 0 Å².